The van der Waals surface area contributed by atoms with E-state index in [2.05, 4.69) is 9.80 Å². The van der Waals surface area contributed by atoms with Crippen LogP contribution in [0.4, 0.5) is 14.9 Å². The molecule has 0 spiro atoms. The Bertz CT molecular complexity index is 1160. The Hall–Kier alpha value is -2.95. The van der Waals surface area contributed by atoms with Crippen molar-refractivity contribution in [3.05, 3.63) is 47.3 Å². The van der Waals surface area contributed by atoms with E-state index in [0.717, 1.165) is 24.4 Å². The topological polar surface area (TPSA) is 103 Å². The Balaban J connectivity index is 1.55. The van der Waals surface area contributed by atoms with Gasteiger partial charge in [-0.25, -0.2) is 9.18 Å². The summed E-state index contributed by atoms with van der Waals surface area (Å²) in [6, 6.07) is 4.85. The highest BCUT2D eigenvalue weighted by molar-refractivity contribution is 5.71. The lowest BCUT2D eigenvalue weighted by Gasteiger charge is -2.33. The molecule has 4 rings (SSSR count). The lowest BCUT2D eigenvalue weighted by atomic mass is 9.91. The van der Waals surface area contributed by atoms with Gasteiger partial charge in [-0.2, -0.15) is 0 Å². The molecule has 0 bridgehead atoms. The first kappa shape index (κ1) is 33.0. The van der Waals surface area contributed by atoms with Crippen LogP contribution in [0.2, 0.25) is 0 Å². The number of piperidine rings is 1. The minimum Gasteiger partial charge on any atom is -0.457 e. The van der Waals surface area contributed by atoms with Crippen LogP contribution in [-0.2, 0) is 14.3 Å². The Morgan fingerprint density at radius 1 is 0.977 bits per heavy atom. The maximum atomic E-state index is 14.7. The zero-order chi connectivity index (χ0) is 31.1. The minimum atomic E-state index is -0.874. The number of halogens is 1. The van der Waals surface area contributed by atoms with E-state index in [1.807, 2.05) is 52.1 Å². The number of ether oxygens (including phenoxy) is 2. The number of hydrogen-bond donors (Lipinski definition) is 2. The van der Waals surface area contributed by atoms with Gasteiger partial charge in [-0.1, -0.05) is 26.0 Å². The van der Waals surface area contributed by atoms with E-state index < -0.39 is 24.3 Å². The number of carbonyl (C=O) groups excluding carboxylic acids is 2. The zero-order valence-corrected chi connectivity index (χ0v) is 26.0. The van der Waals surface area contributed by atoms with E-state index in [4.69, 9.17) is 9.47 Å². The molecule has 238 valence electrons. The normalized spacial score (nSPS) is 29.8. The van der Waals surface area contributed by atoms with Crippen molar-refractivity contribution in [3.8, 4) is 0 Å². The molecule has 0 saturated carbocycles. The summed E-state index contributed by atoms with van der Waals surface area (Å²) >= 11 is 0. The Labute approximate surface area is 254 Å². The highest BCUT2D eigenvalue weighted by Crippen LogP contribution is 2.28. The summed E-state index contributed by atoms with van der Waals surface area (Å²) in [5, 5.41) is 20.5. The summed E-state index contributed by atoms with van der Waals surface area (Å²) in [5.74, 6) is -1.22. The molecule has 3 aliphatic rings. The molecule has 2 fully saturated rings. The van der Waals surface area contributed by atoms with E-state index >= 15 is 0 Å². The lowest BCUT2D eigenvalue weighted by Crippen LogP contribution is -2.48. The number of amides is 1. The van der Waals surface area contributed by atoms with E-state index in [-0.39, 0.29) is 36.3 Å². The highest BCUT2D eigenvalue weighted by atomic mass is 19.1. The number of piperazine rings is 1. The predicted octanol–water partition coefficient (Wildman–Crippen LogP) is 4.23. The second kappa shape index (κ2) is 15.2. The van der Waals surface area contributed by atoms with Crippen molar-refractivity contribution in [1.82, 2.24) is 9.80 Å². The molecule has 2 N–H and O–H groups in total. The molecular weight excluding hydrogens is 553 g/mol. The van der Waals surface area contributed by atoms with Crippen LogP contribution >= 0.6 is 0 Å². The summed E-state index contributed by atoms with van der Waals surface area (Å²) in [6.07, 6.45) is 4.99. The van der Waals surface area contributed by atoms with Gasteiger partial charge >= 0.3 is 12.1 Å². The number of likely N-dealkylation sites (N-methyl/N-ethyl adjacent to an activating group) is 1. The van der Waals surface area contributed by atoms with Crippen molar-refractivity contribution in [3.63, 3.8) is 0 Å². The van der Waals surface area contributed by atoms with Crippen molar-refractivity contribution in [1.29, 1.82) is 0 Å². The van der Waals surface area contributed by atoms with E-state index in [9.17, 15) is 24.2 Å². The predicted molar refractivity (Wildman–Crippen MR) is 164 cm³/mol. The standard InChI is InChI=1S/C33H48FN3O6/c1-22-5-7-29(39)21-31(40)43-32(23(2)6-8-30(22)42-33(41)37-15-13-35(4)14-16-37)24(3)17-25-18-26(34)20-27(19-25)36-11-9-28(38)10-12-36/h6,8,17-20,22-23,28-30,32,38-39H,5,7,9-16,21H2,1-4H3/b8-6+,24-17+/t22-,23-,29+,30-,32-/m0/s1. The first-order valence-corrected chi connectivity index (χ1v) is 15.6. The molecule has 1 amide bonds. The number of hydrogen-bond acceptors (Lipinski definition) is 8. The maximum absolute atomic E-state index is 14.7. The van der Waals surface area contributed by atoms with E-state index in [1.54, 1.807) is 4.90 Å². The Morgan fingerprint density at radius 3 is 2.37 bits per heavy atom. The highest BCUT2D eigenvalue weighted by Gasteiger charge is 2.29. The molecule has 3 heterocycles. The van der Waals surface area contributed by atoms with Gasteiger partial charge in [0.15, 0.2) is 0 Å². The SMILES string of the molecule is C/C(=C\c1cc(F)cc(N2CCC(O)CC2)c1)[C@H]1OC(=O)C[C@H](O)CC[C@H](C)[C@@H](OC(=O)N2CCN(C)CC2)/C=C/[C@@H]1C. The number of carbonyl (C=O) groups is 2. The fourth-order valence-corrected chi connectivity index (χ4v) is 5.96. The molecule has 0 radical (unpaired) electrons. The van der Waals surface area contributed by atoms with Crippen LogP contribution in [0.25, 0.3) is 6.08 Å². The molecule has 2 saturated heterocycles. The third-order valence-electron chi connectivity index (χ3n) is 8.83. The molecule has 0 aliphatic carbocycles. The van der Waals surface area contributed by atoms with Gasteiger partial charge in [-0.3, -0.25) is 4.79 Å². The molecule has 9 nitrogen and oxygen atoms in total. The Morgan fingerprint density at radius 2 is 1.67 bits per heavy atom. The molecule has 43 heavy (non-hydrogen) atoms. The molecule has 3 aliphatic heterocycles. The molecule has 10 heteroatoms. The van der Waals surface area contributed by atoms with Crippen molar-refractivity contribution in [2.24, 2.45) is 11.8 Å². The molecule has 1 aromatic carbocycles. The number of anilines is 1. The molecule has 0 unspecified atom stereocenters. The fraction of sp³-hybridized carbons (Fsp3) is 0.636. The summed E-state index contributed by atoms with van der Waals surface area (Å²) in [4.78, 5) is 31.8. The van der Waals surface area contributed by atoms with Crippen LogP contribution in [0.3, 0.4) is 0 Å². The average Bonchev–Trinajstić information content (AvgIpc) is 2.96. The number of aliphatic hydroxyl groups is 2. The molecule has 5 atom stereocenters. The number of nitrogens with zero attached hydrogens (tertiary/aromatic N) is 3. The molecule has 0 aromatic heterocycles. The first-order valence-electron chi connectivity index (χ1n) is 15.6. The van der Waals surface area contributed by atoms with Gasteiger partial charge in [0.25, 0.3) is 0 Å². The zero-order valence-electron chi connectivity index (χ0n) is 26.0. The number of esters is 1. The summed E-state index contributed by atoms with van der Waals surface area (Å²) < 4.78 is 26.6. The van der Waals surface area contributed by atoms with Crippen molar-refractivity contribution in [2.75, 3.05) is 51.2 Å². The molecular formula is C33H48FN3O6. The number of benzene rings is 1. The van der Waals surface area contributed by atoms with Gasteiger partial charge in [0.05, 0.1) is 18.6 Å². The minimum absolute atomic E-state index is 0.0679. The van der Waals surface area contributed by atoms with E-state index in [1.165, 1.54) is 12.1 Å². The molecule has 1 aromatic rings. The third kappa shape index (κ3) is 9.52. The second-order valence-corrected chi connectivity index (χ2v) is 12.6. The van der Waals surface area contributed by atoms with Gasteiger partial charge in [0.1, 0.15) is 18.0 Å². The van der Waals surface area contributed by atoms with Gasteiger partial charge in [-0.05, 0) is 81.0 Å². The fourth-order valence-electron chi connectivity index (χ4n) is 5.96. The van der Waals surface area contributed by atoms with Crippen molar-refractivity contribution in [2.45, 2.75) is 77.3 Å². The van der Waals surface area contributed by atoms with Gasteiger partial charge in [0.2, 0.25) is 0 Å². The summed E-state index contributed by atoms with van der Waals surface area (Å²) in [5.41, 5.74) is 2.11. The van der Waals surface area contributed by atoms with Gasteiger partial charge in [0, 0.05) is 50.9 Å². The number of rotatable bonds is 4. The van der Waals surface area contributed by atoms with Gasteiger partial charge < -0.3 is 34.4 Å². The number of cyclic esters (lactones) is 1. The lowest BCUT2D eigenvalue weighted by molar-refractivity contribution is -0.151. The summed E-state index contributed by atoms with van der Waals surface area (Å²) in [6.45, 7) is 9.86. The van der Waals surface area contributed by atoms with Crippen LogP contribution in [0, 0.1) is 17.7 Å². The van der Waals surface area contributed by atoms with E-state index in [0.29, 0.717) is 57.4 Å². The number of aliphatic hydroxyl groups excluding tert-OH is 2. The monoisotopic (exact) mass is 601 g/mol. The van der Waals surface area contributed by atoms with Crippen molar-refractivity contribution < 1.29 is 33.7 Å². The first-order chi connectivity index (χ1) is 20.5. The quantitative estimate of drug-likeness (QED) is 0.391. The average molecular weight is 602 g/mol. The van der Waals surface area contributed by atoms with Crippen LogP contribution in [0.5, 0.6) is 0 Å². The van der Waals surface area contributed by atoms with Crippen LogP contribution in [0.1, 0.15) is 58.4 Å². The maximum Gasteiger partial charge on any atom is 0.410 e. The van der Waals surface area contributed by atoms with Gasteiger partial charge in [-0.15, -0.1) is 0 Å². The largest absolute Gasteiger partial charge is 0.457 e. The van der Waals surface area contributed by atoms with Crippen molar-refractivity contribution >= 4 is 23.8 Å². The smallest absolute Gasteiger partial charge is 0.410 e. The van der Waals surface area contributed by atoms with Crippen LogP contribution in [0.15, 0.2) is 35.9 Å². The van der Waals surface area contributed by atoms with Crippen LogP contribution in [-0.4, -0.2) is 103 Å². The summed E-state index contributed by atoms with van der Waals surface area (Å²) in [7, 11) is 2.03. The Kier molecular flexibility index (Phi) is 11.6. The third-order valence-corrected chi connectivity index (χ3v) is 8.83. The second-order valence-electron chi connectivity index (χ2n) is 12.6. The van der Waals surface area contributed by atoms with Crippen LogP contribution < -0.4 is 4.90 Å².